The van der Waals surface area contributed by atoms with Crippen molar-refractivity contribution >= 4 is 5.82 Å². The van der Waals surface area contributed by atoms with Crippen LogP contribution in [0.25, 0.3) is 0 Å². The second-order valence-electron chi connectivity index (χ2n) is 5.12. The monoisotopic (exact) mass is 244 g/mol. The van der Waals surface area contributed by atoms with E-state index in [1.54, 1.807) is 6.20 Å². The van der Waals surface area contributed by atoms with Gasteiger partial charge in [0.2, 0.25) is 0 Å². The van der Waals surface area contributed by atoms with Gasteiger partial charge in [-0.15, -0.1) is 0 Å². The minimum atomic E-state index is 0.425. The van der Waals surface area contributed by atoms with Gasteiger partial charge < -0.3 is 10.6 Å². The Labute approximate surface area is 108 Å². The number of nitriles is 1. The van der Waals surface area contributed by atoms with Crippen LogP contribution in [0.15, 0.2) is 12.3 Å². The quantitative estimate of drug-likeness (QED) is 0.862. The molecule has 2 unspecified atom stereocenters. The number of pyridine rings is 1. The van der Waals surface area contributed by atoms with Gasteiger partial charge in [-0.05, 0) is 50.8 Å². The summed E-state index contributed by atoms with van der Waals surface area (Å²) in [5.41, 5.74) is 7.46. The van der Waals surface area contributed by atoms with E-state index in [-0.39, 0.29) is 0 Å². The van der Waals surface area contributed by atoms with Crippen LogP contribution in [0.1, 0.15) is 30.9 Å². The summed E-state index contributed by atoms with van der Waals surface area (Å²) >= 11 is 0. The lowest BCUT2D eigenvalue weighted by atomic mass is 9.93. The van der Waals surface area contributed by atoms with E-state index in [9.17, 15) is 5.26 Å². The van der Waals surface area contributed by atoms with Crippen molar-refractivity contribution < 1.29 is 0 Å². The van der Waals surface area contributed by atoms with Crippen LogP contribution in [0.3, 0.4) is 0 Å². The number of aromatic nitrogens is 1. The van der Waals surface area contributed by atoms with E-state index in [2.05, 4.69) is 22.9 Å². The largest absolute Gasteiger partial charge is 0.352 e. The molecule has 2 atom stereocenters. The molecule has 4 heteroatoms. The number of nitrogens with zero attached hydrogens (tertiary/aromatic N) is 3. The summed E-state index contributed by atoms with van der Waals surface area (Å²) in [6.07, 6.45) is 4.06. The highest BCUT2D eigenvalue weighted by atomic mass is 15.2. The summed E-state index contributed by atoms with van der Waals surface area (Å²) in [5, 5.41) is 9.30. The van der Waals surface area contributed by atoms with Crippen LogP contribution in [0, 0.1) is 24.2 Å². The molecular formula is C14H20N4. The molecule has 0 radical (unpaired) electrons. The van der Waals surface area contributed by atoms with Gasteiger partial charge in [0, 0.05) is 18.8 Å². The summed E-state index contributed by atoms with van der Waals surface area (Å²) in [6.45, 7) is 5.76. The Kier molecular flexibility index (Phi) is 3.83. The Bertz CT molecular complexity index is 463. The highest BCUT2D eigenvalue weighted by Crippen LogP contribution is 2.29. The third-order valence-corrected chi connectivity index (χ3v) is 3.84. The van der Waals surface area contributed by atoms with Gasteiger partial charge in [0.05, 0.1) is 5.56 Å². The third-order valence-electron chi connectivity index (χ3n) is 3.84. The molecule has 1 aliphatic rings. The minimum Gasteiger partial charge on any atom is -0.352 e. The molecular weight excluding hydrogens is 224 g/mol. The SMILES string of the molecule is Cc1ccnc(N2CC(CN)CCC2C)c1C#N. The second kappa shape index (κ2) is 5.36. The predicted octanol–water partition coefficient (Wildman–Crippen LogP) is 1.83. The van der Waals surface area contributed by atoms with Crippen LogP contribution in [-0.4, -0.2) is 24.1 Å². The van der Waals surface area contributed by atoms with Gasteiger partial charge in [-0.2, -0.15) is 5.26 Å². The van der Waals surface area contributed by atoms with Gasteiger partial charge in [-0.3, -0.25) is 0 Å². The molecule has 0 aliphatic carbocycles. The van der Waals surface area contributed by atoms with Crippen LogP contribution in [0.5, 0.6) is 0 Å². The molecule has 0 aromatic carbocycles. The van der Waals surface area contributed by atoms with Crippen molar-refractivity contribution in [3.8, 4) is 6.07 Å². The van der Waals surface area contributed by atoms with Crippen molar-refractivity contribution in [1.82, 2.24) is 4.98 Å². The van der Waals surface area contributed by atoms with Crippen LogP contribution in [-0.2, 0) is 0 Å². The number of piperidine rings is 1. The summed E-state index contributed by atoms with van der Waals surface area (Å²) < 4.78 is 0. The fourth-order valence-corrected chi connectivity index (χ4v) is 2.57. The van der Waals surface area contributed by atoms with Gasteiger partial charge in [-0.1, -0.05) is 0 Å². The third kappa shape index (κ3) is 2.32. The van der Waals surface area contributed by atoms with Crippen LogP contribution in [0.4, 0.5) is 5.82 Å². The molecule has 1 saturated heterocycles. The Balaban J connectivity index is 2.35. The predicted molar refractivity (Wildman–Crippen MR) is 72.3 cm³/mol. The molecule has 2 rings (SSSR count). The zero-order chi connectivity index (χ0) is 13.1. The van der Waals surface area contributed by atoms with Crippen molar-refractivity contribution in [3.05, 3.63) is 23.4 Å². The van der Waals surface area contributed by atoms with Crippen molar-refractivity contribution in [3.63, 3.8) is 0 Å². The molecule has 0 bridgehead atoms. The first-order valence-corrected chi connectivity index (χ1v) is 6.49. The number of rotatable bonds is 2. The molecule has 18 heavy (non-hydrogen) atoms. The highest BCUT2D eigenvalue weighted by molar-refractivity contribution is 5.57. The molecule has 0 spiro atoms. The van der Waals surface area contributed by atoms with Gasteiger partial charge in [-0.25, -0.2) is 4.98 Å². The summed E-state index contributed by atoms with van der Waals surface area (Å²) in [5.74, 6) is 1.33. The Morgan fingerprint density at radius 1 is 1.56 bits per heavy atom. The number of hydrogen-bond acceptors (Lipinski definition) is 4. The normalized spacial score (nSPS) is 23.8. The van der Waals surface area contributed by atoms with Gasteiger partial charge in [0.1, 0.15) is 11.9 Å². The molecule has 1 aliphatic heterocycles. The lowest BCUT2D eigenvalue weighted by Gasteiger charge is -2.39. The molecule has 96 valence electrons. The lowest BCUT2D eigenvalue weighted by molar-refractivity contribution is 0.371. The van der Waals surface area contributed by atoms with E-state index in [1.165, 1.54) is 6.42 Å². The molecule has 0 saturated carbocycles. The van der Waals surface area contributed by atoms with E-state index in [0.29, 0.717) is 24.1 Å². The lowest BCUT2D eigenvalue weighted by Crippen LogP contribution is -2.44. The first-order chi connectivity index (χ1) is 8.67. The Hall–Kier alpha value is -1.60. The van der Waals surface area contributed by atoms with E-state index in [4.69, 9.17) is 5.73 Å². The molecule has 1 aromatic heterocycles. The van der Waals surface area contributed by atoms with E-state index >= 15 is 0 Å². The van der Waals surface area contributed by atoms with E-state index in [0.717, 1.165) is 24.3 Å². The highest BCUT2D eigenvalue weighted by Gasteiger charge is 2.27. The standard InChI is InChI=1S/C14H20N4/c1-10-5-6-17-14(13(10)8-16)18-9-12(7-15)4-3-11(18)2/h5-6,11-12H,3-4,7,9,15H2,1-2H3. The van der Waals surface area contributed by atoms with Crippen LogP contribution in [0.2, 0.25) is 0 Å². The maximum absolute atomic E-state index is 9.30. The summed E-state index contributed by atoms with van der Waals surface area (Å²) in [4.78, 5) is 6.66. The van der Waals surface area contributed by atoms with Crippen molar-refractivity contribution in [2.24, 2.45) is 11.7 Å². The van der Waals surface area contributed by atoms with Crippen molar-refractivity contribution in [2.45, 2.75) is 32.7 Å². The molecule has 4 nitrogen and oxygen atoms in total. The molecule has 2 heterocycles. The van der Waals surface area contributed by atoms with E-state index < -0.39 is 0 Å². The van der Waals surface area contributed by atoms with Gasteiger partial charge in [0.25, 0.3) is 0 Å². The molecule has 2 N–H and O–H groups in total. The number of nitrogens with two attached hydrogens (primary N) is 1. The number of aryl methyl sites for hydroxylation is 1. The first-order valence-electron chi connectivity index (χ1n) is 6.49. The topological polar surface area (TPSA) is 65.9 Å². The maximum Gasteiger partial charge on any atom is 0.146 e. The fourth-order valence-electron chi connectivity index (χ4n) is 2.57. The van der Waals surface area contributed by atoms with Gasteiger partial charge in [0.15, 0.2) is 0 Å². The zero-order valence-electron chi connectivity index (χ0n) is 11.1. The molecule has 1 fully saturated rings. The first kappa shape index (κ1) is 12.8. The number of anilines is 1. The number of hydrogen-bond donors (Lipinski definition) is 1. The van der Waals surface area contributed by atoms with Crippen molar-refractivity contribution in [2.75, 3.05) is 18.0 Å². The van der Waals surface area contributed by atoms with Gasteiger partial charge >= 0.3 is 0 Å². The average molecular weight is 244 g/mol. The van der Waals surface area contributed by atoms with E-state index in [1.807, 2.05) is 13.0 Å². The smallest absolute Gasteiger partial charge is 0.146 e. The average Bonchev–Trinajstić information content (AvgIpc) is 2.39. The Morgan fingerprint density at radius 2 is 2.33 bits per heavy atom. The second-order valence-corrected chi connectivity index (χ2v) is 5.12. The fraction of sp³-hybridized carbons (Fsp3) is 0.571. The zero-order valence-corrected chi connectivity index (χ0v) is 11.1. The molecule has 1 aromatic rings. The van der Waals surface area contributed by atoms with Crippen LogP contribution >= 0.6 is 0 Å². The van der Waals surface area contributed by atoms with Crippen molar-refractivity contribution in [1.29, 1.82) is 5.26 Å². The van der Waals surface area contributed by atoms with Crippen LogP contribution < -0.4 is 10.6 Å². The Morgan fingerprint density at radius 3 is 3.00 bits per heavy atom. The minimum absolute atomic E-state index is 0.425. The summed E-state index contributed by atoms with van der Waals surface area (Å²) in [6, 6.07) is 4.59. The maximum atomic E-state index is 9.30. The summed E-state index contributed by atoms with van der Waals surface area (Å²) in [7, 11) is 0. The molecule has 0 amide bonds.